The van der Waals surface area contributed by atoms with Crippen LogP contribution in [0.4, 0.5) is 13.2 Å². The molecule has 6 heteroatoms. The lowest BCUT2D eigenvalue weighted by molar-refractivity contribution is -0.160. The molecule has 0 N–H and O–H groups in total. The first-order chi connectivity index (χ1) is 9.87. The molecule has 0 aromatic heterocycles. The third kappa shape index (κ3) is 6.06. The SMILES string of the molecule is CCCCN(CC(F)(F)F)C(=O)Cc1ccccc1OC. The molecule has 0 heterocycles. The Morgan fingerprint density at radius 2 is 1.95 bits per heavy atom. The van der Waals surface area contributed by atoms with Crippen molar-refractivity contribution in [3.63, 3.8) is 0 Å². The normalized spacial score (nSPS) is 11.3. The first kappa shape index (κ1) is 17.3. The molecule has 0 saturated heterocycles. The molecular weight excluding hydrogens is 283 g/mol. The van der Waals surface area contributed by atoms with Gasteiger partial charge in [0.2, 0.25) is 5.91 Å². The molecule has 0 radical (unpaired) electrons. The number of methoxy groups -OCH3 is 1. The Morgan fingerprint density at radius 3 is 2.52 bits per heavy atom. The smallest absolute Gasteiger partial charge is 0.406 e. The van der Waals surface area contributed by atoms with Gasteiger partial charge in [-0.05, 0) is 12.5 Å². The fourth-order valence-electron chi connectivity index (χ4n) is 1.98. The highest BCUT2D eigenvalue weighted by Gasteiger charge is 2.32. The van der Waals surface area contributed by atoms with E-state index in [1.807, 2.05) is 6.92 Å². The van der Waals surface area contributed by atoms with Gasteiger partial charge in [-0.2, -0.15) is 13.2 Å². The third-order valence-electron chi connectivity index (χ3n) is 3.04. The van der Waals surface area contributed by atoms with Gasteiger partial charge in [0, 0.05) is 12.1 Å². The molecular formula is C15H20F3NO2. The minimum Gasteiger partial charge on any atom is -0.496 e. The number of para-hydroxylation sites is 1. The Morgan fingerprint density at radius 1 is 1.29 bits per heavy atom. The maximum atomic E-state index is 12.6. The van der Waals surface area contributed by atoms with E-state index in [-0.39, 0.29) is 13.0 Å². The molecule has 1 rings (SSSR count). The maximum absolute atomic E-state index is 12.6. The average molecular weight is 303 g/mol. The number of halogens is 3. The Kier molecular flexibility index (Phi) is 6.52. The van der Waals surface area contributed by atoms with E-state index in [4.69, 9.17) is 4.74 Å². The van der Waals surface area contributed by atoms with E-state index in [9.17, 15) is 18.0 Å². The van der Waals surface area contributed by atoms with Crippen molar-refractivity contribution in [3.05, 3.63) is 29.8 Å². The maximum Gasteiger partial charge on any atom is 0.406 e. The molecule has 0 aliphatic carbocycles. The Bertz CT molecular complexity index is 460. The van der Waals surface area contributed by atoms with Crippen LogP contribution in [0.15, 0.2) is 24.3 Å². The summed E-state index contributed by atoms with van der Waals surface area (Å²) >= 11 is 0. The van der Waals surface area contributed by atoms with E-state index >= 15 is 0 Å². The Balaban J connectivity index is 2.80. The highest BCUT2D eigenvalue weighted by atomic mass is 19.4. The molecule has 0 unspecified atom stereocenters. The predicted octanol–water partition coefficient (Wildman–Crippen LogP) is 3.43. The number of ether oxygens (including phenoxy) is 1. The number of unbranched alkanes of at least 4 members (excludes halogenated alkanes) is 1. The first-order valence-electron chi connectivity index (χ1n) is 6.83. The molecule has 0 fully saturated rings. The van der Waals surface area contributed by atoms with Gasteiger partial charge in [-0.15, -0.1) is 0 Å². The number of nitrogens with zero attached hydrogens (tertiary/aromatic N) is 1. The highest BCUT2D eigenvalue weighted by molar-refractivity contribution is 5.79. The van der Waals surface area contributed by atoms with Gasteiger partial charge in [-0.1, -0.05) is 31.5 Å². The third-order valence-corrected chi connectivity index (χ3v) is 3.04. The van der Waals surface area contributed by atoms with Crippen LogP contribution < -0.4 is 4.74 Å². The number of benzene rings is 1. The van der Waals surface area contributed by atoms with Gasteiger partial charge in [-0.25, -0.2) is 0 Å². The summed E-state index contributed by atoms with van der Waals surface area (Å²) in [5.74, 6) is -0.0291. The summed E-state index contributed by atoms with van der Waals surface area (Å²) in [5.41, 5.74) is 0.591. The summed E-state index contributed by atoms with van der Waals surface area (Å²) < 4.78 is 42.8. The summed E-state index contributed by atoms with van der Waals surface area (Å²) in [5, 5.41) is 0. The summed E-state index contributed by atoms with van der Waals surface area (Å²) in [6.07, 6.45) is -3.20. The van der Waals surface area contributed by atoms with Gasteiger partial charge >= 0.3 is 6.18 Å². The number of hydrogen-bond acceptors (Lipinski definition) is 2. The molecule has 21 heavy (non-hydrogen) atoms. The second-order valence-corrected chi connectivity index (χ2v) is 4.77. The molecule has 1 aromatic rings. The van der Waals surface area contributed by atoms with E-state index < -0.39 is 18.6 Å². The quantitative estimate of drug-likeness (QED) is 0.772. The zero-order valence-electron chi connectivity index (χ0n) is 12.2. The van der Waals surface area contributed by atoms with Crippen molar-refractivity contribution in [2.45, 2.75) is 32.4 Å². The molecule has 1 amide bonds. The van der Waals surface area contributed by atoms with Crippen molar-refractivity contribution in [1.82, 2.24) is 4.90 Å². The lowest BCUT2D eigenvalue weighted by Gasteiger charge is -2.24. The molecule has 0 saturated carbocycles. The summed E-state index contributed by atoms with van der Waals surface area (Å²) in [7, 11) is 1.47. The van der Waals surface area contributed by atoms with E-state index in [1.165, 1.54) is 7.11 Å². The molecule has 0 aliphatic rings. The van der Waals surface area contributed by atoms with Crippen molar-refractivity contribution >= 4 is 5.91 Å². The molecule has 0 atom stereocenters. The minimum absolute atomic E-state index is 0.0934. The standard InChI is InChI=1S/C15H20F3NO2/c1-3-4-9-19(11-15(16,17)18)14(20)10-12-7-5-6-8-13(12)21-2/h5-8H,3-4,9-11H2,1-2H3. The number of carbonyl (C=O) groups is 1. The minimum atomic E-state index is -4.38. The lowest BCUT2D eigenvalue weighted by Crippen LogP contribution is -2.40. The molecule has 3 nitrogen and oxygen atoms in total. The zero-order valence-corrected chi connectivity index (χ0v) is 12.2. The molecule has 0 spiro atoms. The van der Waals surface area contributed by atoms with Crippen LogP contribution in [0.1, 0.15) is 25.3 Å². The van der Waals surface area contributed by atoms with Crippen LogP contribution in [0, 0.1) is 0 Å². The first-order valence-corrected chi connectivity index (χ1v) is 6.83. The predicted molar refractivity (Wildman–Crippen MR) is 74.2 cm³/mol. The molecule has 0 bridgehead atoms. The van der Waals surface area contributed by atoms with Gasteiger partial charge in [0.05, 0.1) is 13.5 Å². The number of carbonyl (C=O) groups excluding carboxylic acids is 1. The van der Waals surface area contributed by atoms with Crippen molar-refractivity contribution in [2.75, 3.05) is 20.2 Å². The number of alkyl halides is 3. The molecule has 0 aliphatic heterocycles. The van der Waals surface area contributed by atoms with Crippen LogP contribution in [0.3, 0.4) is 0 Å². The Labute approximate surface area is 122 Å². The van der Waals surface area contributed by atoms with Crippen LogP contribution in [0.2, 0.25) is 0 Å². The van der Waals surface area contributed by atoms with E-state index in [2.05, 4.69) is 0 Å². The van der Waals surface area contributed by atoms with Gasteiger partial charge in [0.25, 0.3) is 0 Å². The average Bonchev–Trinajstić information content (AvgIpc) is 2.42. The van der Waals surface area contributed by atoms with Crippen molar-refractivity contribution in [1.29, 1.82) is 0 Å². The summed E-state index contributed by atoms with van der Waals surface area (Å²) in [6.45, 7) is 0.779. The van der Waals surface area contributed by atoms with E-state index in [0.29, 0.717) is 17.7 Å². The lowest BCUT2D eigenvalue weighted by atomic mass is 10.1. The van der Waals surface area contributed by atoms with E-state index in [0.717, 1.165) is 11.3 Å². The van der Waals surface area contributed by atoms with E-state index in [1.54, 1.807) is 24.3 Å². The van der Waals surface area contributed by atoms with Gasteiger partial charge in [-0.3, -0.25) is 4.79 Å². The summed E-state index contributed by atoms with van der Waals surface area (Å²) in [6, 6.07) is 6.84. The van der Waals surface area contributed by atoms with Crippen LogP contribution in [-0.4, -0.2) is 37.2 Å². The van der Waals surface area contributed by atoms with Crippen LogP contribution >= 0.6 is 0 Å². The van der Waals surface area contributed by atoms with Crippen molar-refractivity contribution in [3.8, 4) is 5.75 Å². The largest absolute Gasteiger partial charge is 0.496 e. The topological polar surface area (TPSA) is 29.5 Å². The van der Waals surface area contributed by atoms with Crippen LogP contribution in [-0.2, 0) is 11.2 Å². The van der Waals surface area contributed by atoms with Crippen LogP contribution in [0.25, 0.3) is 0 Å². The monoisotopic (exact) mass is 303 g/mol. The number of rotatable bonds is 7. The van der Waals surface area contributed by atoms with Gasteiger partial charge in [0.1, 0.15) is 12.3 Å². The number of hydrogen-bond donors (Lipinski definition) is 0. The second-order valence-electron chi connectivity index (χ2n) is 4.77. The molecule has 1 aromatic carbocycles. The number of amides is 1. The second kappa shape index (κ2) is 7.90. The highest BCUT2D eigenvalue weighted by Crippen LogP contribution is 2.21. The van der Waals surface area contributed by atoms with Crippen molar-refractivity contribution < 1.29 is 22.7 Å². The fraction of sp³-hybridized carbons (Fsp3) is 0.533. The van der Waals surface area contributed by atoms with Crippen molar-refractivity contribution in [2.24, 2.45) is 0 Å². The van der Waals surface area contributed by atoms with Crippen LogP contribution in [0.5, 0.6) is 5.75 Å². The van der Waals surface area contributed by atoms with Gasteiger partial charge in [0.15, 0.2) is 0 Å². The fourth-order valence-corrected chi connectivity index (χ4v) is 1.98. The summed E-state index contributed by atoms with van der Waals surface area (Å²) in [4.78, 5) is 13.0. The Hall–Kier alpha value is -1.72. The van der Waals surface area contributed by atoms with Gasteiger partial charge < -0.3 is 9.64 Å². The zero-order chi connectivity index (χ0) is 15.9. The molecule has 118 valence electrons.